The number of carbonyl (C=O) groups is 2. The van der Waals surface area contributed by atoms with Crippen molar-refractivity contribution in [2.24, 2.45) is 0 Å². The molecular formula is C28H28F5N5O3. The summed E-state index contributed by atoms with van der Waals surface area (Å²) in [6, 6.07) is 6.09. The topological polar surface area (TPSA) is 97.5 Å². The van der Waals surface area contributed by atoms with Crippen molar-refractivity contribution in [3.05, 3.63) is 81.3 Å². The van der Waals surface area contributed by atoms with Crippen LogP contribution in [-0.4, -0.2) is 61.0 Å². The van der Waals surface area contributed by atoms with E-state index in [1.165, 1.54) is 19.2 Å². The molecule has 0 radical (unpaired) electrons. The van der Waals surface area contributed by atoms with Gasteiger partial charge >= 0.3 is 6.18 Å². The summed E-state index contributed by atoms with van der Waals surface area (Å²) in [4.78, 5) is 42.9. The van der Waals surface area contributed by atoms with Crippen LogP contribution in [0, 0.1) is 11.6 Å². The summed E-state index contributed by atoms with van der Waals surface area (Å²) < 4.78 is 70.9. The second-order valence-electron chi connectivity index (χ2n) is 9.97. The maximum absolute atomic E-state index is 15.6. The number of nitrogens with zero attached hydrogens (tertiary/aromatic N) is 2. The van der Waals surface area contributed by atoms with Gasteiger partial charge in [0.1, 0.15) is 11.6 Å². The number of pyridine rings is 1. The summed E-state index contributed by atoms with van der Waals surface area (Å²) in [6.45, 7) is 4.76. The number of amides is 2. The molecule has 2 amide bonds. The van der Waals surface area contributed by atoms with Gasteiger partial charge in [0, 0.05) is 50.0 Å². The molecule has 3 aromatic rings. The van der Waals surface area contributed by atoms with Gasteiger partial charge in [-0.15, -0.1) is 0 Å². The number of likely N-dealkylation sites (N-methyl/N-ethyl adjacent to an activating group) is 1. The number of H-pyrrole nitrogens is 1. The Morgan fingerprint density at radius 1 is 0.951 bits per heavy atom. The molecule has 0 saturated carbocycles. The van der Waals surface area contributed by atoms with Crippen LogP contribution in [0.2, 0.25) is 0 Å². The molecule has 2 atom stereocenters. The van der Waals surface area contributed by atoms with E-state index in [9.17, 15) is 31.9 Å². The Bertz CT molecular complexity index is 1540. The largest absolute Gasteiger partial charge is 0.417 e. The lowest BCUT2D eigenvalue weighted by Crippen LogP contribution is -2.55. The summed E-state index contributed by atoms with van der Waals surface area (Å²) >= 11 is 0. The Kier molecular flexibility index (Phi) is 8.20. The standard InChI is InChI=1S/C28H28F5N5O3/c1-14-12-38(13-15(2)37(14)4)24-10-22(30)17(16-5-6-21(29)18(7-16)26(40)34-3)8-23(24)36-27(41)19-11-35-25(39)9-20(19)28(31,32)33/h5-11,14-15H,12-13H2,1-4H3,(H,34,40)(H,35,39)(H,36,41). The fraction of sp³-hybridized carbons (Fsp3) is 0.321. The van der Waals surface area contributed by atoms with E-state index < -0.39 is 46.3 Å². The Morgan fingerprint density at radius 3 is 2.22 bits per heavy atom. The number of halogens is 5. The monoisotopic (exact) mass is 577 g/mol. The van der Waals surface area contributed by atoms with Crippen LogP contribution in [0.4, 0.5) is 33.3 Å². The van der Waals surface area contributed by atoms with Crippen LogP contribution >= 0.6 is 0 Å². The Balaban J connectivity index is 1.86. The zero-order chi connectivity index (χ0) is 30.2. The maximum Gasteiger partial charge on any atom is 0.417 e. The second kappa shape index (κ2) is 11.3. The molecule has 8 nitrogen and oxygen atoms in total. The molecule has 3 N–H and O–H groups in total. The van der Waals surface area contributed by atoms with Gasteiger partial charge in [-0.1, -0.05) is 6.07 Å². The molecule has 1 aliphatic rings. The number of anilines is 2. The molecule has 13 heteroatoms. The van der Waals surface area contributed by atoms with E-state index in [0.717, 1.165) is 18.2 Å². The van der Waals surface area contributed by atoms with Crippen molar-refractivity contribution in [2.75, 3.05) is 37.4 Å². The lowest BCUT2D eigenvalue weighted by atomic mass is 9.99. The highest BCUT2D eigenvalue weighted by atomic mass is 19.4. The minimum atomic E-state index is -5.00. The number of piperazine rings is 1. The van der Waals surface area contributed by atoms with E-state index in [-0.39, 0.29) is 46.2 Å². The van der Waals surface area contributed by atoms with E-state index in [1.807, 2.05) is 25.8 Å². The number of alkyl halides is 3. The van der Waals surface area contributed by atoms with E-state index in [4.69, 9.17) is 0 Å². The molecule has 0 bridgehead atoms. The number of nitrogens with one attached hydrogen (secondary N) is 3. The number of rotatable bonds is 5. The van der Waals surface area contributed by atoms with Gasteiger partial charge in [0.05, 0.1) is 28.1 Å². The first kappa shape index (κ1) is 29.7. The first-order chi connectivity index (χ1) is 19.2. The van der Waals surface area contributed by atoms with Crippen molar-refractivity contribution in [3.63, 3.8) is 0 Å². The highest BCUT2D eigenvalue weighted by Crippen LogP contribution is 2.37. The Labute approximate surface area is 232 Å². The Hall–Kier alpha value is -4.26. The third kappa shape index (κ3) is 6.09. The molecular weight excluding hydrogens is 549 g/mol. The van der Waals surface area contributed by atoms with Crippen molar-refractivity contribution in [1.29, 1.82) is 0 Å². The number of benzene rings is 2. The second-order valence-corrected chi connectivity index (χ2v) is 9.97. The smallest absolute Gasteiger partial charge is 0.367 e. The highest BCUT2D eigenvalue weighted by Gasteiger charge is 2.36. The first-order valence-corrected chi connectivity index (χ1v) is 12.6. The van der Waals surface area contributed by atoms with Crippen LogP contribution in [0.1, 0.15) is 40.1 Å². The van der Waals surface area contributed by atoms with Gasteiger partial charge in [-0.2, -0.15) is 13.2 Å². The zero-order valence-corrected chi connectivity index (χ0v) is 22.6. The van der Waals surface area contributed by atoms with Gasteiger partial charge in [-0.3, -0.25) is 19.3 Å². The molecule has 1 saturated heterocycles. The summed E-state index contributed by atoms with van der Waals surface area (Å²) in [5, 5.41) is 4.76. The van der Waals surface area contributed by atoms with E-state index in [2.05, 4.69) is 20.5 Å². The number of aromatic nitrogens is 1. The molecule has 1 aromatic heterocycles. The molecule has 2 heterocycles. The fourth-order valence-electron chi connectivity index (χ4n) is 4.83. The van der Waals surface area contributed by atoms with Crippen molar-refractivity contribution in [1.82, 2.24) is 15.2 Å². The quantitative estimate of drug-likeness (QED) is 0.389. The third-order valence-electron chi connectivity index (χ3n) is 7.26. The van der Waals surface area contributed by atoms with E-state index in [0.29, 0.717) is 19.3 Å². The zero-order valence-electron chi connectivity index (χ0n) is 22.6. The SMILES string of the molecule is CNC(=O)c1cc(-c2cc(NC(=O)c3c[nH]c(=O)cc3C(F)(F)F)c(N3CC(C)N(C)C(C)C3)cc2F)ccc1F. The van der Waals surface area contributed by atoms with Crippen LogP contribution in [-0.2, 0) is 6.18 Å². The lowest BCUT2D eigenvalue weighted by Gasteiger charge is -2.44. The van der Waals surface area contributed by atoms with Crippen LogP contribution < -0.4 is 21.1 Å². The van der Waals surface area contributed by atoms with Gasteiger partial charge < -0.3 is 20.5 Å². The highest BCUT2D eigenvalue weighted by molar-refractivity contribution is 6.07. The molecule has 41 heavy (non-hydrogen) atoms. The fourth-order valence-corrected chi connectivity index (χ4v) is 4.83. The average molecular weight is 578 g/mol. The van der Waals surface area contributed by atoms with Crippen molar-refractivity contribution in [2.45, 2.75) is 32.1 Å². The Morgan fingerprint density at radius 2 is 1.61 bits per heavy atom. The van der Waals surface area contributed by atoms with Gasteiger partial charge in [-0.05, 0) is 50.7 Å². The van der Waals surface area contributed by atoms with Crippen LogP contribution in [0.5, 0.6) is 0 Å². The van der Waals surface area contributed by atoms with Gasteiger partial charge in [0.25, 0.3) is 11.8 Å². The predicted octanol–water partition coefficient (Wildman–Crippen LogP) is 4.48. The van der Waals surface area contributed by atoms with Gasteiger partial charge in [0.15, 0.2) is 0 Å². The minimum absolute atomic E-state index is 0.0134. The van der Waals surface area contributed by atoms with Crippen LogP contribution in [0.15, 0.2) is 47.4 Å². The average Bonchev–Trinajstić information content (AvgIpc) is 2.91. The maximum atomic E-state index is 15.6. The number of aromatic amines is 1. The number of hydrogen-bond acceptors (Lipinski definition) is 5. The molecule has 2 unspecified atom stereocenters. The van der Waals surface area contributed by atoms with Crippen molar-refractivity contribution in [3.8, 4) is 11.1 Å². The van der Waals surface area contributed by atoms with Crippen molar-refractivity contribution >= 4 is 23.2 Å². The number of carbonyl (C=O) groups excluding carboxylic acids is 2. The number of hydrogen-bond donors (Lipinski definition) is 3. The van der Waals surface area contributed by atoms with E-state index >= 15 is 4.39 Å². The molecule has 0 aliphatic carbocycles. The third-order valence-corrected chi connectivity index (χ3v) is 7.26. The summed E-state index contributed by atoms with van der Waals surface area (Å²) in [7, 11) is 3.24. The first-order valence-electron chi connectivity index (χ1n) is 12.6. The predicted molar refractivity (Wildman–Crippen MR) is 144 cm³/mol. The molecule has 0 spiro atoms. The summed E-state index contributed by atoms with van der Waals surface area (Å²) in [5.74, 6) is -3.52. The molecule has 1 aliphatic heterocycles. The molecule has 2 aromatic carbocycles. The van der Waals surface area contributed by atoms with E-state index in [1.54, 1.807) is 0 Å². The lowest BCUT2D eigenvalue weighted by molar-refractivity contribution is -0.138. The molecule has 218 valence electrons. The van der Waals surface area contributed by atoms with Crippen LogP contribution in [0.3, 0.4) is 0 Å². The minimum Gasteiger partial charge on any atom is -0.367 e. The van der Waals surface area contributed by atoms with Crippen LogP contribution in [0.25, 0.3) is 11.1 Å². The van der Waals surface area contributed by atoms with Gasteiger partial charge in [0.2, 0.25) is 5.56 Å². The molecule has 1 fully saturated rings. The summed E-state index contributed by atoms with van der Waals surface area (Å²) in [6.07, 6.45) is -4.33. The summed E-state index contributed by atoms with van der Waals surface area (Å²) in [5.41, 5.74) is -3.47. The normalized spacial score (nSPS) is 17.8. The van der Waals surface area contributed by atoms with Crippen molar-refractivity contribution < 1.29 is 31.5 Å². The molecule has 4 rings (SSSR count). The van der Waals surface area contributed by atoms with Gasteiger partial charge in [-0.25, -0.2) is 8.78 Å².